The fourth-order valence-corrected chi connectivity index (χ4v) is 3.92. The number of hydrogen-bond donors (Lipinski definition) is 1. The zero-order valence-corrected chi connectivity index (χ0v) is 15.2. The van der Waals surface area contributed by atoms with Crippen molar-refractivity contribution in [3.05, 3.63) is 28.8 Å². The van der Waals surface area contributed by atoms with Crippen LogP contribution in [0.2, 0.25) is 5.02 Å². The molecule has 25 heavy (non-hydrogen) atoms. The zero-order valence-electron chi connectivity index (χ0n) is 14.5. The number of carbonyl (C=O) groups excluding carboxylic acids is 3. The molecule has 1 aromatic rings. The van der Waals surface area contributed by atoms with Crippen molar-refractivity contribution in [2.24, 2.45) is 0 Å². The molecule has 1 aliphatic carbocycles. The summed E-state index contributed by atoms with van der Waals surface area (Å²) in [5.41, 5.74) is 0.566. The number of urea groups is 1. The Labute approximate surface area is 152 Å². The third kappa shape index (κ3) is 2.99. The molecule has 1 heterocycles. The fourth-order valence-electron chi connectivity index (χ4n) is 3.75. The Morgan fingerprint density at radius 1 is 1.24 bits per heavy atom. The summed E-state index contributed by atoms with van der Waals surface area (Å²) in [6.45, 7) is 1.52. The van der Waals surface area contributed by atoms with Crippen molar-refractivity contribution in [2.75, 3.05) is 18.9 Å². The van der Waals surface area contributed by atoms with Gasteiger partial charge in [0.2, 0.25) is 5.91 Å². The zero-order chi connectivity index (χ0) is 18.2. The van der Waals surface area contributed by atoms with Crippen molar-refractivity contribution in [1.82, 2.24) is 9.80 Å². The van der Waals surface area contributed by atoms with E-state index in [1.54, 1.807) is 32.2 Å². The molecule has 1 saturated carbocycles. The van der Waals surface area contributed by atoms with E-state index < -0.39 is 17.5 Å². The number of hydrogen-bond acceptors (Lipinski definition) is 3. The molecule has 6 nitrogen and oxygen atoms in total. The Morgan fingerprint density at radius 3 is 2.60 bits per heavy atom. The smallest absolute Gasteiger partial charge is 0.324 e. The number of imide groups is 1. The molecule has 0 radical (unpaired) electrons. The molecule has 1 aliphatic heterocycles. The number of benzene rings is 1. The van der Waals surface area contributed by atoms with Gasteiger partial charge in [-0.3, -0.25) is 14.5 Å². The number of nitrogens with one attached hydrogen (secondary N) is 1. The second kappa shape index (κ2) is 6.67. The second-order valence-corrected chi connectivity index (χ2v) is 7.19. The van der Waals surface area contributed by atoms with Gasteiger partial charge in [-0.25, -0.2) is 4.79 Å². The largest absolute Gasteiger partial charge is 0.327 e. The minimum atomic E-state index is -0.762. The van der Waals surface area contributed by atoms with Crippen molar-refractivity contribution in [3.63, 3.8) is 0 Å². The first kappa shape index (κ1) is 17.7. The van der Waals surface area contributed by atoms with Gasteiger partial charge in [-0.05, 0) is 37.5 Å². The Balaban J connectivity index is 1.74. The van der Waals surface area contributed by atoms with E-state index in [1.165, 1.54) is 4.90 Å². The highest BCUT2D eigenvalue weighted by Gasteiger charge is 2.55. The van der Waals surface area contributed by atoms with Crippen LogP contribution in [0.3, 0.4) is 0 Å². The van der Waals surface area contributed by atoms with Crippen LogP contribution >= 0.6 is 11.6 Å². The predicted molar refractivity (Wildman–Crippen MR) is 95.5 cm³/mol. The summed E-state index contributed by atoms with van der Waals surface area (Å²) in [4.78, 5) is 40.4. The van der Waals surface area contributed by atoms with E-state index in [0.717, 1.165) is 29.7 Å². The van der Waals surface area contributed by atoms with Crippen molar-refractivity contribution in [1.29, 1.82) is 0 Å². The molecule has 1 spiro atoms. The monoisotopic (exact) mass is 363 g/mol. The highest BCUT2D eigenvalue weighted by atomic mass is 35.5. The van der Waals surface area contributed by atoms with Gasteiger partial charge >= 0.3 is 6.03 Å². The number of anilines is 1. The molecule has 1 saturated heterocycles. The molecule has 0 unspecified atom stereocenters. The van der Waals surface area contributed by atoms with Gasteiger partial charge in [0.05, 0.1) is 0 Å². The summed E-state index contributed by atoms with van der Waals surface area (Å²) in [6.07, 6.45) is 4.25. The molecule has 134 valence electrons. The van der Waals surface area contributed by atoms with Gasteiger partial charge in [-0.15, -0.1) is 0 Å². The van der Waals surface area contributed by atoms with Crippen LogP contribution in [0, 0.1) is 6.92 Å². The van der Waals surface area contributed by atoms with E-state index in [1.807, 2.05) is 0 Å². The van der Waals surface area contributed by atoms with Crippen LogP contribution in [-0.4, -0.2) is 46.8 Å². The first-order chi connectivity index (χ1) is 11.9. The first-order valence-electron chi connectivity index (χ1n) is 8.51. The standard InChI is InChI=1S/C18H22ClN3O3/c1-12-13(19)7-6-8-14(12)20-15(23)11-22-16(24)18(21(2)17(22)25)9-4-3-5-10-18/h6-8H,3-5,9-11H2,1-2H3,(H,20,23). The van der Waals surface area contributed by atoms with Gasteiger partial charge < -0.3 is 10.2 Å². The highest BCUT2D eigenvalue weighted by Crippen LogP contribution is 2.39. The van der Waals surface area contributed by atoms with Gasteiger partial charge in [0, 0.05) is 17.8 Å². The molecule has 2 fully saturated rings. The summed E-state index contributed by atoms with van der Waals surface area (Å²) < 4.78 is 0. The third-order valence-corrected chi connectivity index (χ3v) is 5.74. The van der Waals surface area contributed by atoms with Gasteiger partial charge in [0.25, 0.3) is 5.91 Å². The van der Waals surface area contributed by atoms with E-state index in [2.05, 4.69) is 5.32 Å². The summed E-state index contributed by atoms with van der Waals surface area (Å²) in [7, 11) is 1.66. The quantitative estimate of drug-likeness (QED) is 0.838. The maximum absolute atomic E-state index is 12.9. The Hall–Kier alpha value is -2.08. The number of amides is 4. The van der Waals surface area contributed by atoms with E-state index in [-0.39, 0.29) is 12.5 Å². The van der Waals surface area contributed by atoms with Crippen molar-refractivity contribution >= 4 is 35.1 Å². The molecule has 2 aliphatic rings. The molecule has 0 bridgehead atoms. The lowest BCUT2D eigenvalue weighted by Gasteiger charge is -2.35. The van der Waals surface area contributed by atoms with Crippen LogP contribution in [-0.2, 0) is 9.59 Å². The summed E-state index contributed by atoms with van der Waals surface area (Å²) in [5.74, 6) is -0.661. The molecule has 7 heteroatoms. The summed E-state index contributed by atoms with van der Waals surface area (Å²) >= 11 is 6.05. The van der Waals surface area contributed by atoms with Crippen molar-refractivity contribution in [2.45, 2.75) is 44.6 Å². The SMILES string of the molecule is Cc1c(Cl)cccc1NC(=O)CN1C(=O)N(C)C2(CCCCC2)C1=O. The lowest BCUT2D eigenvalue weighted by molar-refractivity contribution is -0.136. The second-order valence-electron chi connectivity index (χ2n) is 6.79. The molecule has 0 aromatic heterocycles. The minimum Gasteiger partial charge on any atom is -0.324 e. The topological polar surface area (TPSA) is 69.7 Å². The van der Waals surface area contributed by atoms with Crippen LogP contribution in [0.25, 0.3) is 0 Å². The van der Waals surface area contributed by atoms with E-state index in [9.17, 15) is 14.4 Å². The van der Waals surface area contributed by atoms with Crippen LogP contribution in [0.1, 0.15) is 37.7 Å². The molecule has 1 aromatic carbocycles. The molecule has 1 N–H and O–H groups in total. The Kier molecular flexibility index (Phi) is 4.73. The van der Waals surface area contributed by atoms with Gasteiger partial charge in [-0.1, -0.05) is 36.9 Å². The van der Waals surface area contributed by atoms with Crippen LogP contribution in [0.4, 0.5) is 10.5 Å². The number of halogens is 1. The summed E-state index contributed by atoms with van der Waals surface area (Å²) in [5, 5.41) is 3.29. The van der Waals surface area contributed by atoms with Crippen molar-refractivity contribution < 1.29 is 14.4 Å². The van der Waals surface area contributed by atoms with Crippen LogP contribution in [0.5, 0.6) is 0 Å². The van der Waals surface area contributed by atoms with Crippen LogP contribution in [0.15, 0.2) is 18.2 Å². The number of carbonyl (C=O) groups is 3. The minimum absolute atomic E-state index is 0.252. The van der Waals surface area contributed by atoms with Gasteiger partial charge in [-0.2, -0.15) is 0 Å². The van der Waals surface area contributed by atoms with Crippen molar-refractivity contribution in [3.8, 4) is 0 Å². The predicted octanol–water partition coefficient (Wildman–Crippen LogP) is 3.18. The Bertz CT molecular complexity index is 728. The van der Waals surface area contributed by atoms with E-state index in [0.29, 0.717) is 23.6 Å². The average Bonchev–Trinajstić information content (AvgIpc) is 2.76. The fraction of sp³-hybridized carbons (Fsp3) is 0.500. The lowest BCUT2D eigenvalue weighted by Crippen LogP contribution is -2.49. The normalized spacial score (nSPS) is 19.6. The van der Waals surface area contributed by atoms with Gasteiger partial charge in [0.15, 0.2) is 0 Å². The average molecular weight is 364 g/mol. The molecule has 3 rings (SSSR count). The van der Waals surface area contributed by atoms with E-state index >= 15 is 0 Å². The summed E-state index contributed by atoms with van der Waals surface area (Å²) in [6, 6.07) is 4.82. The van der Waals surface area contributed by atoms with E-state index in [4.69, 9.17) is 11.6 Å². The highest BCUT2D eigenvalue weighted by molar-refractivity contribution is 6.31. The van der Waals surface area contributed by atoms with Gasteiger partial charge in [0.1, 0.15) is 12.1 Å². The number of likely N-dealkylation sites (N-methyl/N-ethyl adjacent to an activating group) is 1. The van der Waals surface area contributed by atoms with Crippen LogP contribution < -0.4 is 5.32 Å². The maximum atomic E-state index is 12.9. The molecule has 0 atom stereocenters. The molecular formula is C18H22ClN3O3. The number of nitrogens with zero attached hydrogens (tertiary/aromatic N) is 2. The Morgan fingerprint density at radius 2 is 1.92 bits per heavy atom. The molecular weight excluding hydrogens is 342 g/mol. The number of rotatable bonds is 3. The maximum Gasteiger partial charge on any atom is 0.327 e. The molecule has 4 amide bonds. The third-order valence-electron chi connectivity index (χ3n) is 5.33. The lowest BCUT2D eigenvalue weighted by atomic mass is 9.81. The first-order valence-corrected chi connectivity index (χ1v) is 8.89.